The number of nitrogens with two attached hydrogens (primary N) is 1. The molecule has 4 heteroatoms. The van der Waals surface area contributed by atoms with Crippen LogP contribution in [0.2, 0.25) is 4.34 Å². The van der Waals surface area contributed by atoms with Crippen LogP contribution in [-0.2, 0) is 0 Å². The molecule has 1 atom stereocenters. The molecule has 0 spiro atoms. The van der Waals surface area contributed by atoms with Crippen molar-refractivity contribution in [2.75, 3.05) is 0 Å². The lowest BCUT2D eigenvalue weighted by atomic mass is 9.84. The highest BCUT2D eigenvalue weighted by Crippen LogP contribution is 2.35. The quantitative estimate of drug-likeness (QED) is 0.592. The van der Waals surface area contributed by atoms with Crippen LogP contribution in [0.15, 0.2) is 11.4 Å². The van der Waals surface area contributed by atoms with Crippen LogP contribution in [0, 0.1) is 5.41 Å². The summed E-state index contributed by atoms with van der Waals surface area (Å²) < 4.78 is 0.805. The van der Waals surface area contributed by atoms with Gasteiger partial charge in [-0.3, -0.25) is 11.3 Å². The van der Waals surface area contributed by atoms with E-state index >= 15 is 0 Å². The molecule has 1 rings (SSSR count). The minimum atomic E-state index is 0.0964. The summed E-state index contributed by atoms with van der Waals surface area (Å²) in [7, 11) is 0. The molecule has 74 valence electrons. The highest BCUT2D eigenvalue weighted by atomic mass is 35.5. The Morgan fingerprint density at radius 1 is 1.54 bits per heavy atom. The molecule has 1 aromatic rings. The molecule has 13 heavy (non-hydrogen) atoms. The fraction of sp³-hybridized carbons (Fsp3) is 0.556. The summed E-state index contributed by atoms with van der Waals surface area (Å²) in [5.74, 6) is 5.51. The molecular formula is C9H15ClN2S. The van der Waals surface area contributed by atoms with Crippen LogP contribution in [-0.4, -0.2) is 0 Å². The number of hydrogen-bond donors (Lipinski definition) is 2. The lowest BCUT2D eigenvalue weighted by molar-refractivity contribution is 0.276. The van der Waals surface area contributed by atoms with Crippen molar-refractivity contribution < 1.29 is 0 Å². The molecule has 0 fully saturated rings. The molecule has 0 radical (unpaired) electrons. The smallest absolute Gasteiger partial charge is 0.0931 e. The second kappa shape index (κ2) is 3.96. The molecular weight excluding hydrogens is 204 g/mol. The molecule has 0 aliphatic carbocycles. The third-order valence-corrected chi connectivity index (χ3v) is 3.06. The number of nitrogens with one attached hydrogen (secondary N) is 1. The van der Waals surface area contributed by atoms with Crippen molar-refractivity contribution in [2.45, 2.75) is 26.8 Å². The molecule has 1 aromatic heterocycles. The highest BCUT2D eigenvalue weighted by Gasteiger charge is 2.25. The van der Waals surface area contributed by atoms with Crippen molar-refractivity contribution in [3.63, 3.8) is 0 Å². The zero-order chi connectivity index (χ0) is 10.1. The molecule has 0 saturated carbocycles. The molecule has 1 heterocycles. The van der Waals surface area contributed by atoms with Gasteiger partial charge in [-0.2, -0.15) is 0 Å². The summed E-state index contributed by atoms with van der Waals surface area (Å²) in [6, 6.07) is 2.11. The Morgan fingerprint density at radius 3 is 2.46 bits per heavy atom. The van der Waals surface area contributed by atoms with Crippen LogP contribution in [0.3, 0.4) is 0 Å². The summed E-state index contributed by atoms with van der Waals surface area (Å²) in [6.45, 7) is 6.43. The predicted molar refractivity (Wildman–Crippen MR) is 58.8 cm³/mol. The van der Waals surface area contributed by atoms with Crippen LogP contribution < -0.4 is 11.3 Å². The first kappa shape index (κ1) is 11.0. The van der Waals surface area contributed by atoms with E-state index in [1.807, 2.05) is 11.4 Å². The van der Waals surface area contributed by atoms with Gasteiger partial charge in [0.1, 0.15) is 0 Å². The van der Waals surface area contributed by atoms with Crippen molar-refractivity contribution in [3.8, 4) is 0 Å². The Labute approximate surface area is 88.1 Å². The predicted octanol–water partition coefficient (Wildman–Crippen LogP) is 2.95. The van der Waals surface area contributed by atoms with Gasteiger partial charge in [0.15, 0.2) is 0 Å². The second-order valence-electron chi connectivity index (χ2n) is 4.15. The van der Waals surface area contributed by atoms with Gasteiger partial charge >= 0.3 is 0 Å². The van der Waals surface area contributed by atoms with Gasteiger partial charge in [0.05, 0.1) is 10.4 Å². The number of thiophene rings is 1. The largest absolute Gasteiger partial charge is 0.271 e. The summed E-state index contributed by atoms with van der Waals surface area (Å²) in [5, 5.41) is 2.04. The first-order valence-electron chi connectivity index (χ1n) is 4.15. The molecule has 0 aliphatic rings. The van der Waals surface area contributed by atoms with E-state index in [4.69, 9.17) is 17.4 Å². The normalized spacial score (nSPS) is 14.5. The van der Waals surface area contributed by atoms with Gasteiger partial charge in [0.25, 0.3) is 0 Å². The Bertz CT molecular complexity index is 277. The number of halogens is 1. The standard InChI is InChI=1S/C9H15ClN2S/c1-9(2,3)8(12-11)6-4-7(10)13-5-6/h4-5,8,12H,11H2,1-3H3. The van der Waals surface area contributed by atoms with Crippen molar-refractivity contribution in [1.29, 1.82) is 0 Å². The van der Waals surface area contributed by atoms with Crippen molar-refractivity contribution in [2.24, 2.45) is 11.3 Å². The second-order valence-corrected chi connectivity index (χ2v) is 5.69. The fourth-order valence-corrected chi connectivity index (χ4v) is 2.24. The zero-order valence-corrected chi connectivity index (χ0v) is 9.67. The molecule has 0 aliphatic heterocycles. The first-order chi connectivity index (χ1) is 5.95. The minimum absolute atomic E-state index is 0.0964. The number of hydrazine groups is 1. The SMILES string of the molecule is CC(C)(C)C(NN)c1csc(Cl)c1. The van der Waals surface area contributed by atoms with Crippen LogP contribution in [0.1, 0.15) is 32.4 Å². The van der Waals surface area contributed by atoms with Gasteiger partial charge in [0, 0.05) is 0 Å². The highest BCUT2D eigenvalue weighted by molar-refractivity contribution is 7.14. The summed E-state index contributed by atoms with van der Waals surface area (Å²) >= 11 is 7.40. The van der Waals surface area contributed by atoms with E-state index in [-0.39, 0.29) is 11.5 Å². The first-order valence-corrected chi connectivity index (χ1v) is 5.41. The molecule has 0 aromatic carbocycles. The van der Waals surface area contributed by atoms with Crippen LogP contribution in [0.4, 0.5) is 0 Å². The molecule has 2 nitrogen and oxygen atoms in total. The average molecular weight is 219 g/mol. The Kier molecular flexibility index (Phi) is 3.35. The summed E-state index contributed by atoms with van der Waals surface area (Å²) in [4.78, 5) is 0. The lowest BCUT2D eigenvalue weighted by Crippen LogP contribution is -2.36. The molecule has 0 bridgehead atoms. The lowest BCUT2D eigenvalue weighted by Gasteiger charge is -2.29. The third-order valence-electron chi connectivity index (χ3n) is 1.95. The van der Waals surface area contributed by atoms with Gasteiger partial charge in [-0.1, -0.05) is 32.4 Å². The molecule has 3 N–H and O–H groups in total. The van der Waals surface area contributed by atoms with Crippen molar-refractivity contribution >= 4 is 22.9 Å². The van der Waals surface area contributed by atoms with Crippen molar-refractivity contribution in [3.05, 3.63) is 21.3 Å². The summed E-state index contributed by atoms with van der Waals surface area (Å²) in [5.41, 5.74) is 4.07. The molecule has 0 saturated heterocycles. The summed E-state index contributed by atoms with van der Waals surface area (Å²) in [6.07, 6.45) is 0. The Morgan fingerprint density at radius 2 is 2.15 bits per heavy atom. The fourth-order valence-electron chi connectivity index (χ4n) is 1.32. The van der Waals surface area contributed by atoms with Gasteiger partial charge in [-0.05, 0) is 22.4 Å². The van der Waals surface area contributed by atoms with E-state index in [0.29, 0.717) is 0 Å². The van der Waals surface area contributed by atoms with E-state index in [2.05, 4.69) is 26.2 Å². The van der Waals surface area contributed by atoms with E-state index < -0.39 is 0 Å². The van der Waals surface area contributed by atoms with E-state index in [9.17, 15) is 0 Å². The van der Waals surface area contributed by atoms with E-state index in [1.54, 1.807) is 0 Å². The number of hydrogen-bond acceptors (Lipinski definition) is 3. The molecule has 0 amide bonds. The topological polar surface area (TPSA) is 38.0 Å². The van der Waals surface area contributed by atoms with Gasteiger partial charge in [-0.25, -0.2) is 0 Å². The number of rotatable bonds is 2. The monoisotopic (exact) mass is 218 g/mol. The van der Waals surface area contributed by atoms with Gasteiger partial charge < -0.3 is 0 Å². The van der Waals surface area contributed by atoms with Gasteiger partial charge in [0.2, 0.25) is 0 Å². The van der Waals surface area contributed by atoms with Crippen LogP contribution >= 0.6 is 22.9 Å². The zero-order valence-electron chi connectivity index (χ0n) is 8.10. The minimum Gasteiger partial charge on any atom is -0.271 e. The van der Waals surface area contributed by atoms with E-state index in [0.717, 1.165) is 9.90 Å². The van der Waals surface area contributed by atoms with Crippen LogP contribution in [0.5, 0.6) is 0 Å². The van der Waals surface area contributed by atoms with E-state index in [1.165, 1.54) is 11.3 Å². The maximum absolute atomic E-state index is 5.86. The van der Waals surface area contributed by atoms with Crippen LogP contribution in [0.25, 0.3) is 0 Å². The van der Waals surface area contributed by atoms with Gasteiger partial charge in [-0.15, -0.1) is 11.3 Å². The third kappa shape index (κ3) is 2.68. The Hall–Kier alpha value is -0.0900. The van der Waals surface area contributed by atoms with Crippen molar-refractivity contribution in [1.82, 2.24) is 5.43 Å². The maximum Gasteiger partial charge on any atom is 0.0931 e. The average Bonchev–Trinajstić information content (AvgIpc) is 2.34. The maximum atomic E-state index is 5.86. The Balaban J connectivity index is 2.91. The molecule has 1 unspecified atom stereocenters.